The van der Waals surface area contributed by atoms with Gasteiger partial charge in [-0.25, -0.2) is 9.59 Å². The Bertz CT molecular complexity index is 1540. The highest BCUT2D eigenvalue weighted by Gasteiger charge is 2.90. The molecule has 45 heavy (non-hydrogen) atoms. The Morgan fingerprint density at radius 2 is 1.51 bits per heavy atom. The second-order valence-corrected chi connectivity index (χ2v) is 15.2. The first-order chi connectivity index (χ1) is 21.1. The van der Waals surface area contributed by atoms with Gasteiger partial charge in [-0.05, 0) is 56.0 Å². The van der Waals surface area contributed by atoms with Gasteiger partial charge in [0.1, 0.15) is 11.7 Å². The molecule has 2 N–H and O–H groups in total. The van der Waals surface area contributed by atoms with Crippen molar-refractivity contribution in [1.82, 2.24) is 0 Å². The monoisotopic (exact) mass is 616 g/mol. The van der Waals surface area contributed by atoms with E-state index in [1.54, 1.807) is 48.5 Å². The van der Waals surface area contributed by atoms with Crippen molar-refractivity contribution >= 4 is 11.9 Å². The lowest BCUT2D eigenvalue weighted by Gasteiger charge is -2.55. The second-order valence-electron chi connectivity index (χ2n) is 15.2. The number of hydrogen-bond donors (Lipinski definition) is 2. The number of carbonyl (C=O) groups is 2. The highest BCUT2D eigenvalue weighted by atomic mass is 16.8. The summed E-state index contributed by atoms with van der Waals surface area (Å²) in [6.45, 7) is 16.0. The van der Waals surface area contributed by atoms with E-state index in [9.17, 15) is 19.8 Å². The molecule has 240 valence electrons. The van der Waals surface area contributed by atoms with Crippen LogP contribution in [-0.4, -0.2) is 63.1 Å². The molecule has 1 unspecified atom stereocenters. The number of hydrogen-bond acceptors (Lipinski definition) is 8. The summed E-state index contributed by atoms with van der Waals surface area (Å²) in [6, 6.07) is 17.4. The van der Waals surface area contributed by atoms with Gasteiger partial charge in [0, 0.05) is 35.5 Å². The Morgan fingerprint density at radius 3 is 2.11 bits per heavy atom. The first-order valence-corrected chi connectivity index (χ1v) is 16.1. The van der Waals surface area contributed by atoms with E-state index in [0.29, 0.717) is 29.5 Å². The van der Waals surface area contributed by atoms with Gasteiger partial charge < -0.3 is 29.2 Å². The Labute approximate surface area is 264 Å². The predicted molar refractivity (Wildman–Crippen MR) is 165 cm³/mol. The average molecular weight is 617 g/mol. The summed E-state index contributed by atoms with van der Waals surface area (Å²) in [5.41, 5.74) is -3.36. The molecule has 1 heterocycles. The maximum Gasteiger partial charge on any atom is 0.338 e. The summed E-state index contributed by atoms with van der Waals surface area (Å²) >= 11 is 0. The molecule has 5 aliphatic rings. The van der Waals surface area contributed by atoms with Crippen LogP contribution in [0.5, 0.6) is 0 Å². The van der Waals surface area contributed by atoms with Gasteiger partial charge in [-0.3, -0.25) is 0 Å². The van der Waals surface area contributed by atoms with Gasteiger partial charge >= 0.3 is 11.9 Å². The summed E-state index contributed by atoms with van der Waals surface area (Å²) in [7, 11) is 0. The highest BCUT2D eigenvalue weighted by molar-refractivity contribution is 5.91. The molecule has 1 spiro atoms. The summed E-state index contributed by atoms with van der Waals surface area (Å²) in [4.78, 5) is 27.6. The standard InChI is InChI=1S/C37H44O8/c1-20-18-25-35(29(20)43-34(6,7)45-35)19-21(2)27(38)26-28-33(4,5)37(28,44-32(40)24-16-12-9-13-17-24)30(22(3)36(25,26)41)42-31(39)23-14-10-8-11-15-23/h8-17,20,22,25-30,38,41H,2,18-19H2,1,3-7H3/t20-,22+,25+,26-,27?,28+,29-,30+,35+,36-,37+/m0/s1. The molecule has 1 aliphatic heterocycles. The van der Waals surface area contributed by atoms with Crippen LogP contribution in [0.1, 0.15) is 75.1 Å². The van der Waals surface area contributed by atoms with Crippen LogP contribution in [0.25, 0.3) is 0 Å². The number of esters is 2. The van der Waals surface area contributed by atoms with Crippen molar-refractivity contribution < 1.29 is 38.7 Å². The summed E-state index contributed by atoms with van der Waals surface area (Å²) in [5, 5.41) is 25.5. The Kier molecular flexibility index (Phi) is 6.62. The van der Waals surface area contributed by atoms with Gasteiger partial charge in [0.25, 0.3) is 0 Å². The fraction of sp³-hybridized carbons (Fsp3) is 0.568. The molecule has 0 amide bonds. The number of aliphatic hydroxyl groups is 2. The van der Waals surface area contributed by atoms with Gasteiger partial charge in [0.2, 0.25) is 0 Å². The first kappa shape index (κ1) is 30.6. The minimum absolute atomic E-state index is 0.0526. The molecule has 8 nitrogen and oxygen atoms in total. The van der Waals surface area contributed by atoms with Crippen molar-refractivity contribution in [3.63, 3.8) is 0 Å². The largest absolute Gasteiger partial charge is 0.454 e. The first-order valence-electron chi connectivity index (χ1n) is 16.1. The number of rotatable bonds is 4. The third-order valence-corrected chi connectivity index (χ3v) is 12.0. The van der Waals surface area contributed by atoms with Crippen LogP contribution in [0.3, 0.4) is 0 Å². The van der Waals surface area contributed by atoms with Crippen LogP contribution in [0, 0.1) is 35.0 Å². The van der Waals surface area contributed by atoms with Crippen LogP contribution >= 0.6 is 0 Å². The molecule has 5 fully saturated rings. The minimum atomic E-state index is -1.59. The molecule has 4 aliphatic carbocycles. The second kappa shape index (κ2) is 9.74. The van der Waals surface area contributed by atoms with Crippen LogP contribution in [0.15, 0.2) is 72.8 Å². The maximum atomic E-state index is 13.8. The van der Waals surface area contributed by atoms with Crippen molar-refractivity contribution in [3.05, 3.63) is 83.9 Å². The molecule has 7 rings (SSSR count). The summed E-state index contributed by atoms with van der Waals surface area (Å²) in [5.74, 6) is -4.53. The number of benzene rings is 2. The van der Waals surface area contributed by atoms with Gasteiger partial charge in [0.05, 0.1) is 28.9 Å². The number of aliphatic hydroxyl groups excluding tert-OH is 1. The number of ether oxygens (including phenoxy) is 4. The van der Waals surface area contributed by atoms with Crippen molar-refractivity contribution in [2.45, 2.75) is 95.3 Å². The maximum absolute atomic E-state index is 13.8. The van der Waals surface area contributed by atoms with E-state index in [-0.39, 0.29) is 12.0 Å². The van der Waals surface area contributed by atoms with E-state index in [1.165, 1.54) is 0 Å². The molecule has 0 bridgehead atoms. The van der Waals surface area contributed by atoms with Crippen LogP contribution in [0.2, 0.25) is 0 Å². The van der Waals surface area contributed by atoms with E-state index in [2.05, 4.69) is 13.5 Å². The SMILES string of the molecule is C=C1C[C@]23OC(C)(C)O[C@H]2[C@@H](C)C[C@H]3[C@@]2(O)[C@H](C)[C@@H](OC(=O)c3ccccc3)[C@]3(OC(=O)c4ccccc4)[C@H]([C@@H]2C1O)C3(C)C. The number of fused-ring (bicyclic) bond motifs is 4. The smallest absolute Gasteiger partial charge is 0.338 e. The zero-order valence-corrected chi connectivity index (χ0v) is 26.9. The Hall–Kier alpha value is -3.04. The molecule has 2 aromatic carbocycles. The van der Waals surface area contributed by atoms with Gasteiger partial charge in [-0.1, -0.05) is 70.7 Å². The topological polar surface area (TPSA) is 112 Å². The lowest BCUT2D eigenvalue weighted by Crippen LogP contribution is -2.67. The van der Waals surface area contributed by atoms with Gasteiger partial charge in [-0.15, -0.1) is 0 Å². The quantitative estimate of drug-likeness (QED) is 0.351. The van der Waals surface area contributed by atoms with E-state index in [1.807, 2.05) is 46.8 Å². The fourth-order valence-electron chi connectivity index (χ4n) is 10.3. The Balaban J connectivity index is 1.39. The fourth-order valence-corrected chi connectivity index (χ4v) is 10.3. The van der Waals surface area contributed by atoms with E-state index >= 15 is 0 Å². The summed E-state index contributed by atoms with van der Waals surface area (Å²) < 4.78 is 26.2. The zero-order valence-electron chi connectivity index (χ0n) is 26.9. The molecule has 8 heteroatoms. The lowest BCUT2D eigenvalue weighted by molar-refractivity contribution is -0.249. The molecule has 0 aromatic heterocycles. The van der Waals surface area contributed by atoms with Gasteiger partial charge in [0.15, 0.2) is 11.4 Å². The van der Waals surface area contributed by atoms with Crippen LogP contribution in [0.4, 0.5) is 0 Å². The number of carbonyl (C=O) groups excluding carboxylic acids is 2. The van der Waals surface area contributed by atoms with E-state index < -0.39 is 75.8 Å². The van der Waals surface area contributed by atoms with Crippen molar-refractivity contribution in [3.8, 4) is 0 Å². The average Bonchev–Trinajstić information content (AvgIpc) is 3.21. The molecule has 4 saturated carbocycles. The summed E-state index contributed by atoms with van der Waals surface area (Å²) in [6.07, 6.45) is -1.56. The van der Waals surface area contributed by atoms with Gasteiger partial charge in [-0.2, -0.15) is 0 Å². The molecule has 11 atom stereocenters. The van der Waals surface area contributed by atoms with Crippen molar-refractivity contribution in [2.75, 3.05) is 0 Å². The molecule has 0 radical (unpaired) electrons. The molecule has 1 saturated heterocycles. The van der Waals surface area contributed by atoms with Crippen LogP contribution in [-0.2, 0) is 18.9 Å². The van der Waals surface area contributed by atoms with Crippen molar-refractivity contribution in [1.29, 1.82) is 0 Å². The third-order valence-electron chi connectivity index (χ3n) is 12.0. The van der Waals surface area contributed by atoms with E-state index in [4.69, 9.17) is 18.9 Å². The van der Waals surface area contributed by atoms with E-state index in [0.717, 1.165) is 0 Å². The zero-order chi connectivity index (χ0) is 32.3. The van der Waals surface area contributed by atoms with Crippen LogP contribution < -0.4 is 0 Å². The molecular formula is C37H44O8. The molecule has 2 aromatic rings. The third kappa shape index (κ3) is 3.98. The molecular weight excluding hydrogens is 572 g/mol. The predicted octanol–water partition coefficient (Wildman–Crippen LogP) is 5.33. The van der Waals surface area contributed by atoms with Crippen molar-refractivity contribution in [2.24, 2.45) is 35.0 Å². The highest BCUT2D eigenvalue weighted by Crippen LogP contribution is 2.78. The normalized spacial score (nSPS) is 43.6. The minimum Gasteiger partial charge on any atom is -0.454 e. The lowest BCUT2D eigenvalue weighted by atomic mass is 9.58. The Morgan fingerprint density at radius 1 is 0.933 bits per heavy atom.